The quantitative estimate of drug-likeness (QED) is 0.531. The molecule has 1 aliphatic heterocycles. The van der Waals surface area contributed by atoms with E-state index in [0.717, 1.165) is 17.5 Å². The molecule has 134 valence electrons. The van der Waals surface area contributed by atoms with Gasteiger partial charge in [-0.15, -0.1) is 10.2 Å². The SMILES string of the molecule is Clc1ccc(-c2nnc(SCc3cc(Cl)c4c(c3)OCCCO4)o2)cc1. The van der Waals surface area contributed by atoms with E-state index in [0.29, 0.717) is 51.6 Å². The van der Waals surface area contributed by atoms with Gasteiger partial charge in [0, 0.05) is 22.8 Å². The van der Waals surface area contributed by atoms with E-state index in [2.05, 4.69) is 10.2 Å². The summed E-state index contributed by atoms with van der Waals surface area (Å²) in [4.78, 5) is 0. The van der Waals surface area contributed by atoms with Crippen LogP contribution in [0, 0.1) is 0 Å². The highest BCUT2D eigenvalue weighted by Gasteiger charge is 2.16. The molecule has 0 saturated carbocycles. The summed E-state index contributed by atoms with van der Waals surface area (Å²) in [6.07, 6.45) is 0.838. The molecule has 3 aromatic rings. The van der Waals surface area contributed by atoms with Gasteiger partial charge in [0.05, 0.1) is 18.2 Å². The Bertz CT molecular complexity index is 915. The largest absolute Gasteiger partial charge is 0.489 e. The zero-order valence-electron chi connectivity index (χ0n) is 13.6. The summed E-state index contributed by atoms with van der Waals surface area (Å²) in [7, 11) is 0. The van der Waals surface area contributed by atoms with Gasteiger partial charge in [-0.25, -0.2) is 0 Å². The Balaban J connectivity index is 1.47. The van der Waals surface area contributed by atoms with Crippen LogP contribution in [0.15, 0.2) is 46.0 Å². The maximum atomic E-state index is 6.32. The zero-order valence-corrected chi connectivity index (χ0v) is 15.9. The summed E-state index contributed by atoms with van der Waals surface area (Å²) in [5.41, 5.74) is 1.82. The third-order valence-corrected chi connectivity index (χ3v) is 5.14. The van der Waals surface area contributed by atoms with Crippen molar-refractivity contribution < 1.29 is 13.9 Å². The molecule has 2 heterocycles. The lowest BCUT2D eigenvalue weighted by Gasteiger charge is -2.10. The fourth-order valence-corrected chi connectivity index (χ4v) is 3.60. The average molecular weight is 409 g/mol. The number of benzene rings is 2. The van der Waals surface area contributed by atoms with Crippen LogP contribution in [0.3, 0.4) is 0 Å². The van der Waals surface area contributed by atoms with Crippen molar-refractivity contribution >= 4 is 35.0 Å². The van der Waals surface area contributed by atoms with Crippen molar-refractivity contribution in [2.75, 3.05) is 13.2 Å². The highest BCUT2D eigenvalue weighted by atomic mass is 35.5. The molecule has 0 aliphatic carbocycles. The molecule has 0 unspecified atom stereocenters. The highest BCUT2D eigenvalue weighted by molar-refractivity contribution is 7.98. The van der Waals surface area contributed by atoms with Gasteiger partial charge in [0.1, 0.15) is 0 Å². The first kappa shape index (κ1) is 17.5. The predicted molar refractivity (Wildman–Crippen MR) is 101 cm³/mol. The number of halogens is 2. The van der Waals surface area contributed by atoms with Crippen molar-refractivity contribution in [1.82, 2.24) is 10.2 Å². The van der Waals surface area contributed by atoms with Crippen molar-refractivity contribution in [3.8, 4) is 23.0 Å². The highest BCUT2D eigenvalue weighted by Crippen LogP contribution is 2.39. The second-order valence-electron chi connectivity index (χ2n) is 5.62. The van der Waals surface area contributed by atoms with Crippen LogP contribution in [-0.4, -0.2) is 23.4 Å². The molecule has 0 bridgehead atoms. The topological polar surface area (TPSA) is 57.4 Å². The summed E-state index contributed by atoms with van der Waals surface area (Å²) in [6, 6.07) is 11.1. The molecule has 1 aromatic heterocycles. The number of aromatic nitrogens is 2. The Kier molecular flexibility index (Phi) is 5.24. The number of rotatable bonds is 4. The first-order chi connectivity index (χ1) is 12.7. The Morgan fingerprint density at radius 2 is 1.81 bits per heavy atom. The fourth-order valence-electron chi connectivity index (χ4n) is 2.49. The number of thioether (sulfide) groups is 1. The molecule has 0 spiro atoms. The van der Waals surface area contributed by atoms with Crippen LogP contribution in [-0.2, 0) is 5.75 Å². The Labute approximate surface area is 164 Å². The lowest BCUT2D eigenvalue weighted by molar-refractivity contribution is 0.297. The number of hydrogen-bond acceptors (Lipinski definition) is 6. The fraction of sp³-hybridized carbons (Fsp3) is 0.222. The van der Waals surface area contributed by atoms with Gasteiger partial charge in [0.15, 0.2) is 11.5 Å². The molecule has 8 heteroatoms. The lowest BCUT2D eigenvalue weighted by Crippen LogP contribution is -1.97. The van der Waals surface area contributed by atoms with Crippen molar-refractivity contribution in [3.05, 3.63) is 52.0 Å². The third kappa shape index (κ3) is 3.92. The van der Waals surface area contributed by atoms with E-state index in [9.17, 15) is 0 Å². The van der Waals surface area contributed by atoms with Crippen LogP contribution >= 0.6 is 35.0 Å². The van der Waals surface area contributed by atoms with Gasteiger partial charge in [-0.2, -0.15) is 0 Å². The molecule has 26 heavy (non-hydrogen) atoms. The molecule has 5 nitrogen and oxygen atoms in total. The van der Waals surface area contributed by atoms with Crippen LogP contribution in [0.1, 0.15) is 12.0 Å². The van der Waals surface area contributed by atoms with Crippen LogP contribution in [0.4, 0.5) is 0 Å². The molecule has 4 rings (SSSR count). The zero-order chi connectivity index (χ0) is 17.9. The maximum Gasteiger partial charge on any atom is 0.277 e. The van der Waals surface area contributed by atoms with Crippen molar-refractivity contribution in [2.45, 2.75) is 17.4 Å². The minimum atomic E-state index is 0.459. The minimum absolute atomic E-state index is 0.459. The van der Waals surface area contributed by atoms with Crippen molar-refractivity contribution in [3.63, 3.8) is 0 Å². The van der Waals surface area contributed by atoms with E-state index in [1.807, 2.05) is 24.3 Å². The van der Waals surface area contributed by atoms with Gasteiger partial charge >= 0.3 is 0 Å². The standard InChI is InChI=1S/C18H14Cl2N2O3S/c19-13-4-2-12(3-5-13)17-21-22-18(25-17)26-10-11-8-14(20)16-15(9-11)23-6-1-7-24-16/h2-5,8-9H,1,6-7,10H2. The minimum Gasteiger partial charge on any atom is -0.489 e. The van der Waals surface area contributed by atoms with Gasteiger partial charge in [-0.3, -0.25) is 0 Å². The summed E-state index contributed by atoms with van der Waals surface area (Å²) in [6.45, 7) is 1.23. The van der Waals surface area contributed by atoms with Crippen molar-refractivity contribution in [1.29, 1.82) is 0 Å². The van der Waals surface area contributed by atoms with E-state index >= 15 is 0 Å². The first-order valence-electron chi connectivity index (χ1n) is 7.99. The van der Waals surface area contributed by atoms with Crippen LogP contribution < -0.4 is 9.47 Å². The summed E-state index contributed by atoms with van der Waals surface area (Å²) >= 11 is 13.7. The monoisotopic (exact) mass is 408 g/mol. The molecular weight excluding hydrogens is 395 g/mol. The summed E-state index contributed by atoms with van der Waals surface area (Å²) in [5.74, 6) is 2.37. The second kappa shape index (κ2) is 7.78. The van der Waals surface area contributed by atoms with Crippen LogP contribution in [0.5, 0.6) is 11.5 Å². The molecule has 0 atom stereocenters. The number of nitrogens with zero attached hydrogens (tertiary/aromatic N) is 2. The van der Waals surface area contributed by atoms with Gasteiger partial charge in [0.2, 0.25) is 5.89 Å². The molecule has 0 saturated heterocycles. The van der Waals surface area contributed by atoms with E-state index in [1.54, 1.807) is 12.1 Å². The van der Waals surface area contributed by atoms with E-state index in [-0.39, 0.29) is 0 Å². The Hall–Kier alpha value is -1.89. The maximum absolute atomic E-state index is 6.32. The van der Waals surface area contributed by atoms with Gasteiger partial charge < -0.3 is 13.9 Å². The normalized spacial score (nSPS) is 13.5. The number of ether oxygens (including phenoxy) is 2. The van der Waals surface area contributed by atoms with Gasteiger partial charge in [-0.05, 0) is 42.0 Å². The Morgan fingerprint density at radius 3 is 2.65 bits per heavy atom. The number of fused-ring (bicyclic) bond motifs is 1. The molecule has 2 aromatic carbocycles. The van der Waals surface area contributed by atoms with Crippen molar-refractivity contribution in [2.24, 2.45) is 0 Å². The molecule has 0 N–H and O–H groups in total. The molecule has 1 aliphatic rings. The van der Waals surface area contributed by atoms with E-state index in [4.69, 9.17) is 37.1 Å². The first-order valence-corrected chi connectivity index (χ1v) is 9.73. The second-order valence-corrected chi connectivity index (χ2v) is 7.39. The molecule has 0 fully saturated rings. The van der Waals surface area contributed by atoms with Gasteiger partial charge in [-0.1, -0.05) is 35.0 Å². The van der Waals surface area contributed by atoms with E-state index < -0.39 is 0 Å². The predicted octanol–water partition coefficient (Wildman–Crippen LogP) is 5.50. The summed E-state index contributed by atoms with van der Waals surface area (Å²) in [5, 5.41) is 9.85. The molecular formula is C18H14Cl2N2O3S. The Morgan fingerprint density at radius 1 is 1.00 bits per heavy atom. The molecule has 0 radical (unpaired) electrons. The van der Waals surface area contributed by atoms with Crippen LogP contribution in [0.25, 0.3) is 11.5 Å². The molecule has 0 amide bonds. The summed E-state index contributed by atoms with van der Waals surface area (Å²) < 4.78 is 17.1. The van der Waals surface area contributed by atoms with Crippen LogP contribution in [0.2, 0.25) is 10.0 Å². The number of hydrogen-bond donors (Lipinski definition) is 0. The third-order valence-electron chi connectivity index (χ3n) is 3.72. The van der Waals surface area contributed by atoms with E-state index in [1.165, 1.54) is 11.8 Å². The lowest BCUT2D eigenvalue weighted by atomic mass is 10.2. The van der Waals surface area contributed by atoms with Gasteiger partial charge in [0.25, 0.3) is 5.22 Å². The average Bonchev–Trinajstić information content (AvgIpc) is 2.98. The smallest absolute Gasteiger partial charge is 0.277 e.